The Morgan fingerprint density at radius 3 is 2.48 bits per heavy atom. The van der Waals surface area contributed by atoms with Crippen LogP contribution in [-0.2, 0) is 4.79 Å². The standard InChI is InChI=1S/C32H32N6O5S/c39-29(40)20-25(23-7-4-13-33-21-23)35-30(41)22-11-12-27(26(19-22)36-32(43)34-24-8-2-1-3-9-24)37-14-6-15-38(17-16-37)31(42)28-10-5-18-44-28/h1-5,7-13,18-19,21,25H,6,14-17,20H2,(H,35,41)(H,39,40)(H2,34,36,43). The lowest BCUT2D eigenvalue weighted by Crippen LogP contribution is -2.35. The van der Waals surface area contributed by atoms with E-state index in [1.807, 2.05) is 40.6 Å². The van der Waals surface area contributed by atoms with Gasteiger partial charge in [0.15, 0.2) is 0 Å². The van der Waals surface area contributed by atoms with Gasteiger partial charge in [0, 0.05) is 49.8 Å². The van der Waals surface area contributed by atoms with Crippen LogP contribution in [0.5, 0.6) is 0 Å². The molecule has 44 heavy (non-hydrogen) atoms. The summed E-state index contributed by atoms with van der Waals surface area (Å²) in [6.45, 7) is 2.26. The number of hydrogen-bond acceptors (Lipinski definition) is 7. The van der Waals surface area contributed by atoms with Crippen LogP contribution < -0.4 is 20.9 Å². The van der Waals surface area contributed by atoms with E-state index in [4.69, 9.17) is 0 Å². The average Bonchev–Trinajstić information content (AvgIpc) is 3.46. The van der Waals surface area contributed by atoms with Crippen LogP contribution in [0.15, 0.2) is 90.6 Å². The maximum atomic E-state index is 13.4. The first-order chi connectivity index (χ1) is 21.4. The number of rotatable bonds is 9. The molecule has 12 heteroatoms. The minimum absolute atomic E-state index is 0.000937. The third-order valence-electron chi connectivity index (χ3n) is 7.17. The molecule has 1 atom stereocenters. The number of amides is 4. The van der Waals surface area contributed by atoms with Gasteiger partial charge in [-0.3, -0.25) is 19.4 Å². The Balaban J connectivity index is 1.38. The Kier molecular flexibility index (Phi) is 9.82. The molecule has 0 bridgehead atoms. The summed E-state index contributed by atoms with van der Waals surface area (Å²) < 4.78 is 0. The summed E-state index contributed by atoms with van der Waals surface area (Å²) in [5.41, 5.74) is 2.51. The van der Waals surface area contributed by atoms with Gasteiger partial charge < -0.3 is 30.9 Å². The van der Waals surface area contributed by atoms with Crippen molar-refractivity contribution >= 4 is 52.2 Å². The first-order valence-electron chi connectivity index (χ1n) is 14.1. The molecule has 4 aromatic rings. The van der Waals surface area contributed by atoms with E-state index >= 15 is 0 Å². The van der Waals surface area contributed by atoms with Crippen molar-refractivity contribution in [2.24, 2.45) is 0 Å². The zero-order chi connectivity index (χ0) is 30.9. The van der Waals surface area contributed by atoms with Crippen LogP contribution in [0.2, 0.25) is 0 Å². The van der Waals surface area contributed by atoms with E-state index in [-0.39, 0.29) is 17.9 Å². The number of urea groups is 1. The number of thiophene rings is 1. The van der Waals surface area contributed by atoms with Gasteiger partial charge in [-0.15, -0.1) is 11.3 Å². The number of nitrogens with zero attached hydrogens (tertiary/aromatic N) is 3. The predicted octanol–water partition coefficient (Wildman–Crippen LogP) is 5.09. The zero-order valence-corrected chi connectivity index (χ0v) is 24.6. The second-order valence-electron chi connectivity index (χ2n) is 10.2. The van der Waals surface area contributed by atoms with Crippen LogP contribution >= 0.6 is 11.3 Å². The Labute approximate surface area is 258 Å². The minimum Gasteiger partial charge on any atom is -0.481 e. The molecule has 11 nitrogen and oxygen atoms in total. The summed E-state index contributed by atoms with van der Waals surface area (Å²) in [7, 11) is 0. The molecule has 2 aromatic carbocycles. The summed E-state index contributed by atoms with van der Waals surface area (Å²) in [6.07, 6.45) is 3.48. The third kappa shape index (κ3) is 7.78. The van der Waals surface area contributed by atoms with E-state index in [0.717, 1.165) is 6.42 Å². The average molecular weight is 613 g/mol. The van der Waals surface area contributed by atoms with Crippen LogP contribution in [0, 0.1) is 0 Å². The van der Waals surface area contributed by atoms with E-state index in [2.05, 4.69) is 25.8 Å². The number of aliphatic carboxylic acids is 1. The molecule has 1 fully saturated rings. The topological polar surface area (TPSA) is 144 Å². The second kappa shape index (κ2) is 14.3. The van der Waals surface area contributed by atoms with Crippen LogP contribution in [-0.4, -0.2) is 65.0 Å². The number of anilines is 3. The lowest BCUT2D eigenvalue weighted by atomic mass is 10.0. The van der Waals surface area contributed by atoms with Gasteiger partial charge >= 0.3 is 12.0 Å². The molecule has 1 unspecified atom stereocenters. The lowest BCUT2D eigenvalue weighted by Gasteiger charge is -2.26. The number of benzene rings is 2. The molecule has 1 aliphatic heterocycles. The Morgan fingerprint density at radius 1 is 0.909 bits per heavy atom. The number of carbonyl (C=O) groups excluding carboxylic acids is 3. The number of nitrogens with one attached hydrogen (secondary N) is 3. The molecule has 0 saturated carbocycles. The minimum atomic E-state index is -1.07. The lowest BCUT2D eigenvalue weighted by molar-refractivity contribution is -0.137. The number of carboxylic acid groups (broad SMARTS) is 1. The summed E-state index contributed by atoms with van der Waals surface area (Å²) in [5.74, 6) is -1.57. The predicted molar refractivity (Wildman–Crippen MR) is 169 cm³/mol. The third-order valence-corrected chi connectivity index (χ3v) is 8.02. The van der Waals surface area contributed by atoms with Crippen molar-refractivity contribution in [3.63, 3.8) is 0 Å². The summed E-state index contributed by atoms with van der Waals surface area (Å²) >= 11 is 1.42. The van der Waals surface area contributed by atoms with Crippen molar-refractivity contribution in [1.29, 1.82) is 0 Å². The molecule has 1 saturated heterocycles. The number of para-hydroxylation sites is 1. The molecule has 4 amide bonds. The molecule has 3 heterocycles. The summed E-state index contributed by atoms with van der Waals surface area (Å²) in [4.78, 5) is 59.7. The highest BCUT2D eigenvalue weighted by molar-refractivity contribution is 7.12. The normalized spacial score (nSPS) is 13.8. The fraction of sp³-hybridized carbons (Fsp3) is 0.219. The smallest absolute Gasteiger partial charge is 0.323 e. The van der Waals surface area contributed by atoms with Crippen molar-refractivity contribution < 1.29 is 24.3 Å². The second-order valence-corrected chi connectivity index (χ2v) is 11.1. The van der Waals surface area contributed by atoms with E-state index in [9.17, 15) is 24.3 Å². The number of aromatic nitrogens is 1. The SMILES string of the molecule is O=C(O)CC(NC(=O)c1ccc(N2CCCN(C(=O)c3cccs3)CC2)c(NC(=O)Nc2ccccc2)c1)c1cccnc1. The monoisotopic (exact) mass is 612 g/mol. The quantitative estimate of drug-likeness (QED) is 0.206. The van der Waals surface area contributed by atoms with Gasteiger partial charge in [-0.2, -0.15) is 0 Å². The first kappa shape index (κ1) is 30.2. The molecular formula is C32H32N6O5S. The van der Waals surface area contributed by atoms with Gasteiger partial charge in [0.2, 0.25) is 0 Å². The van der Waals surface area contributed by atoms with Crippen LogP contribution in [0.4, 0.5) is 21.9 Å². The van der Waals surface area contributed by atoms with Crippen LogP contribution in [0.3, 0.4) is 0 Å². The van der Waals surface area contributed by atoms with Gasteiger partial charge in [-0.1, -0.05) is 30.3 Å². The fourth-order valence-electron chi connectivity index (χ4n) is 5.03. The van der Waals surface area contributed by atoms with Gasteiger partial charge in [0.1, 0.15) is 0 Å². The molecule has 4 N–H and O–H groups in total. The highest BCUT2D eigenvalue weighted by atomic mass is 32.1. The molecule has 226 valence electrons. The Hall–Kier alpha value is -5.23. The van der Waals surface area contributed by atoms with Crippen molar-refractivity contribution in [3.05, 3.63) is 107 Å². The van der Waals surface area contributed by atoms with Crippen molar-refractivity contribution in [1.82, 2.24) is 15.2 Å². The molecule has 0 aliphatic carbocycles. The highest BCUT2D eigenvalue weighted by Crippen LogP contribution is 2.30. The van der Waals surface area contributed by atoms with Gasteiger partial charge in [0.05, 0.1) is 28.7 Å². The van der Waals surface area contributed by atoms with Crippen molar-refractivity contribution in [3.8, 4) is 0 Å². The molecule has 0 spiro atoms. The molecule has 5 rings (SSSR count). The number of hydrogen-bond donors (Lipinski definition) is 4. The maximum Gasteiger partial charge on any atom is 0.323 e. The Bertz CT molecular complexity index is 1600. The van der Waals surface area contributed by atoms with Gasteiger partial charge in [0.25, 0.3) is 11.8 Å². The number of carbonyl (C=O) groups is 4. The molecule has 2 aromatic heterocycles. The van der Waals surface area contributed by atoms with Crippen molar-refractivity contribution in [2.75, 3.05) is 41.7 Å². The van der Waals surface area contributed by atoms with E-state index in [1.165, 1.54) is 17.5 Å². The summed E-state index contributed by atoms with van der Waals surface area (Å²) in [5, 5.41) is 19.8. The summed E-state index contributed by atoms with van der Waals surface area (Å²) in [6, 6.07) is 19.7. The molecular weight excluding hydrogens is 580 g/mol. The largest absolute Gasteiger partial charge is 0.481 e. The van der Waals surface area contributed by atoms with Gasteiger partial charge in [-0.05, 0) is 59.8 Å². The van der Waals surface area contributed by atoms with Gasteiger partial charge in [-0.25, -0.2) is 4.79 Å². The van der Waals surface area contributed by atoms with E-state index in [1.54, 1.807) is 48.7 Å². The zero-order valence-electron chi connectivity index (χ0n) is 23.8. The number of carboxylic acids is 1. The molecule has 1 aliphatic rings. The molecule has 0 radical (unpaired) electrons. The van der Waals surface area contributed by atoms with Crippen molar-refractivity contribution in [2.45, 2.75) is 18.9 Å². The van der Waals surface area contributed by atoms with E-state index < -0.39 is 23.9 Å². The Morgan fingerprint density at radius 2 is 1.75 bits per heavy atom. The van der Waals surface area contributed by atoms with E-state index in [0.29, 0.717) is 53.7 Å². The maximum absolute atomic E-state index is 13.4. The van der Waals surface area contributed by atoms with Crippen LogP contribution in [0.1, 0.15) is 44.5 Å². The number of pyridine rings is 1. The first-order valence-corrected chi connectivity index (χ1v) is 15.0. The fourth-order valence-corrected chi connectivity index (χ4v) is 5.72. The highest BCUT2D eigenvalue weighted by Gasteiger charge is 2.24. The van der Waals surface area contributed by atoms with Crippen LogP contribution in [0.25, 0.3) is 0 Å².